The summed E-state index contributed by atoms with van der Waals surface area (Å²) in [5.41, 5.74) is 0.822. The van der Waals surface area contributed by atoms with E-state index in [-0.39, 0.29) is 23.3 Å². The Morgan fingerprint density at radius 2 is 1.86 bits per heavy atom. The second kappa shape index (κ2) is 9.45. The number of amides is 2. The number of carbonyl (C=O) groups is 2. The molecule has 1 N–H and O–H groups in total. The van der Waals surface area contributed by atoms with Crippen molar-refractivity contribution in [2.24, 2.45) is 0 Å². The summed E-state index contributed by atoms with van der Waals surface area (Å²) in [5.74, 6) is -0.0855. The monoisotopic (exact) mass is 388 g/mol. The number of carbonyl (C=O) groups excluding carboxylic acids is 2. The molecule has 1 aliphatic heterocycles. The SMILES string of the molecule is CN1CCN(C(=O)CCCCNC(=O)c2cc(-c3ccc(F)cc3)on2)CC1. The van der Waals surface area contributed by atoms with Gasteiger partial charge < -0.3 is 19.6 Å². The van der Waals surface area contributed by atoms with E-state index in [1.165, 1.54) is 18.2 Å². The van der Waals surface area contributed by atoms with Gasteiger partial charge in [0.1, 0.15) is 5.82 Å². The molecule has 0 saturated carbocycles. The molecule has 28 heavy (non-hydrogen) atoms. The molecule has 0 spiro atoms. The van der Waals surface area contributed by atoms with E-state index in [4.69, 9.17) is 4.52 Å². The first-order valence-corrected chi connectivity index (χ1v) is 9.50. The van der Waals surface area contributed by atoms with E-state index in [1.54, 1.807) is 12.1 Å². The minimum Gasteiger partial charge on any atom is -0.355 e. The summed E-state index contributed by atoms with van der Waals surface area (Å²) in [6.07, 6.45) is 1.94. The minimum atomic E-state index is -0.340. The van der Waals surface area contributed by atoms with Crippen LogP contribution in [-0.2, 0) is 4.79 Å². The highest BCUT2D eigenvalue weighted by molar-refractivity contribution is 5.93. The van der Waals surface area contributed by atoms with Crippen LogP contribution in [0.1, 0.15) is 29.8 Å². The first-order valence-electron chi connectivity index (χ1n) is 9.50. The summed E-state index contributed by atoms with van der Waals surface area (Å²) in [5, 5.41) is 6.54. The van der Waals surface area contributed by atoms with Gasteiger partial charge >= 0.3 is 0 Å². The maximum Gasteiger partial charge on any atom is 0.273 e. The number of hydrogen-bond donors (Lipinski definition) is 1. The molecule has 1 aromatic heterocycles. The normalized spacial score (nSPS) is 14.9. The third-order valence-corrected chi connectivity index (χ3v) is 4.83. The van der Waals surface area contributed by atoms with Crippen molar-refractivity contribution in [1.29, 1.82) is 0 Å². The number of piperazine rings is 1. The standard InChI is InChI=1S/C20H25FN4O3/c1-24-10-12-25(13-11-24)19(26)4-2-3-9-22-20(27)17-14-18(28-23-17)15-5-7-16(21)8-6-15/h5-8,14H,2-4,9-13H2,1H3,(H,22,27). The van der Waals surface area contributed by atoms with Gasteiger partial charge in [0.05, 0.1) is 0 Å². The number of likely N-dealkylation sites (N-methyl/N-ethyl adjacent to an activating group) is 1. The predicted molar refractivity (Wildman–Crippen MR) is 102 cm³/mol. The zero-order valence-electron chi connectivity index (χ0n) is 16.0. The van der Waals surface area contributed by atoms with E-state index < -0.39 is 0 Å². The average molecular weight is 388 g/mol. The molecule has 1 saturated heterocycles. The van der Waals surface area contributed by atoms with Crippen molar-refractivity contribution in [3.63, 3.8) is 0 Å². The average Bonchev–Trinajstić information content (AvgIpc) is 3.19. The van der Waals surface area contributed by atoms with E-state index in [2.05, 4.69) is 22.4 Å². The third kappa shape index (κ3) is 5.39. The molecule has 2 heterocycles. The van der Waals surface area contributed by atoms with Crippen LogP contribution in [0, 0.1) is 5.82 Å². The van der Waals surface area contributed by atoms with E-state index >= 15 is 0 Å². The molecular weight excluding hydrogens is 363 g/mol. The van der Waals surface area contributed by atoms with Gasteiger partial charge in [-0.1, -0.05) is 5.16 Å². The maximum absolute atomic E-state index is 13.0. The van der Waals surface area contributed by atoms with Gasteiger partial charge in [-0.3, -0.25) is 9.59 Å². The molecular formula is C20H25FN4O3. The molecule has 0 unspecified atom stereocenters. The highest BCUT2D eigenvalue weighted by atomic mass is 19.1. The summed E-state index contributed by atoms with van der Waals surface area (Å²) >= 11 is 0. The van der Waals surface area contributed by atoms with Crippen molar-refractivity contribution in [3.05, 3.63) is 41.8 Å². The second-order valence-electron chi connectivity index (χ2n) is 6.98. The third-order valence-electron chi connectivity index (χ3n) is 4.83. The van der Waals surface area contributed by atoms with E-state index in [0.717, 1.165) is 32.6 Å². The Kier molecular flexibility index (Phi) is 6.76. The fourth-order valence-electron chi connectivity index (χ4n) is 3.04. The molecule has 7 nitrogen and oxygen atoms in total. The zero-order valence-corrected chi connectivity index (χ0v) is 16.0. The first-order chi connectivity index (χ1) is 13.5. The van der Waals surface area contributed by atoms with Gasteiger partial charge in [0, 0.05) is 50.8 Å². The van der Waals surface area contributed by atoms with Crippen molar-refractivity contribution in [2.75, 3.05) is 39.8 Å². The van der Waals surface area contributed by atoms with Gasteiger partial charge in [0.15, 0.2) is 11.5 Å². The highest BCUT2D eigenvalue weighted by Gasteiger charge is 2.18. The fraction of sp³-hybridized carbons (Fsp3) is 0.450. The summed E-state index contributed by atoms with van der Waals surface area (Å²) in [7, 11) is 2.06. The molecule has 2 amide bonds. The number of aromatic nitrogens is 1. The van der Waals surface area contributed by atoms with Gasteiger partial charge in [0.2, 0.25) is 5.91 Å². The van der Waals surface area contributed by atoms with Gasteiger partial charge in [0.25, 0.3) is 5.91 Å². The lowest BCUT2D eigenvalue weighted by Gasteiger charge is -2.32. The zero-order chi connectivity index (χ0) is 19.9. The first kappa shape index (κ1) is 20.0. The molecule has 1 fully saturated rings. The van der Waals surface area contributed by atoms with Crippen LogP contribution in [-0.4, -0.2) is 66.5 Å². The number of hydrogen-bond acceptors (Lipinski definition) is 5. The van der Waals surface area contributed by atoms with Gasteiger partial charge in [-0.2, -0.15) is 0 Å². The maximum atomic E-state index is 13.0. The van der Waals surface area contributed by atoms with Crippen LogP contribution in [0.15, 0.2) is 34.9 Å². The molecule has 3 rings (SSSR count). The lowest BCUT2D eigenvalue weighted by atomic mass is 10.1. The Morgan fingerprint density at radius 3 is 2.57 bits per heavy atom. The second-order valence-corrected chi connectivity index (χ2v) is 6.98. The molecule has 0 atom stereocenters. The van der Waals surface area contributed by atoms with E-state index in [0.29, 0.717) is 30.7 Å². The van der Waals surface area contributed by atoms with Crippen molar-refractivity contribution >= 4 is 11.8 Å². The summed E-state index contributed by atoms with van der Waals surface area (Å²) < 4.78 is 18.1. The Labute approximate surface area is 163 Å². The largest absolute Gasteiger partial charge is 0.355 e. The Morgan fingerprint density at radius 1 is 1.14 bits per heavy atom. The van der Waals surface area contributed by atoms with Crippen molar-refractivity contribution in [2.45, 2.75) is 19.3 Å². The number of benzene rings is 1. The highest BCUT2D eigenvalue weighted by Crippen LogP contribution is 2.20. The van der Waals surface area contributed by atoms with Gasteiger partial charge in [-0.05, 0) is 44.2 Å². The predicted octanol–water partition coefficient (Wildman–Crippen LogP) is 2.15. The van der Waals surface area contributed by atoms with E-state index in [1.807, 2.05) is 4.90 Å². The fourth-order valence-corrected chi connectivity index (χ4v) is 3.04. The molecule has 0 radical (unpaired) electrons. The Hall–Kier alpha value is -2.74. The summed E-state index contributed by atoms with van der Waals surface area (Å²) in [6, 6.07) is 7.30. The summed E-state index contributed by atoms with van der Waals surface area (Å²) in [6.45, 7) is 3.87. The topological polar surface area (TPSA) is 78.7 Å². The van der Waals surface area contributed by atoms with Gasteiger partial charge in [-0.25, -0.2) is 4.39 Å². The van der Waals surface area contributed by atoms with Crippen LogP contribution in [0.25, 0.3) is 11.3 Å². The molecule has 0 bridgehead atoms. The van der Waals surface area contributed by atoms with Gasteiger partial charge in [-0.15, -0.1) is 0 Å². The number of rotatable bonds is 7. The molecule has 1 aromatic carbocycles. The number of halogens is 1. The van der Waals surface area contributed by atoms with Crippen molar-refractivity contribution < 1.29 is 18.5 Å². The van der Waals surface area contributed by atoms with Crippen LogP contribution in [0.3, 0.4) is 0 Å². The van der Waals surface area contributed by atoms with Crippen LogP contribution >= 0.6 is 0 Å². The lowest BCUT2D eigenvalue weighted by molar-refractivity contribution is -0.132. The number of nitrogens with one attached hydrogen (secondary N) is 1. The lowest BCUT2D eigenvalue weighted by Crippen LogP contribution is -2.47. The summed E-state index contributed by atoms with van der Waals surface area (Å²) in [4.78, 5) is 28.4. The van der Waals surface area contributed by atoms with Crippen LogP contribution in [0.5, 0.6) is 0 Å². The smallest absolute Gasteiger partial charge is 0.273 e. The minimum absolute atomic E-state index is 0.174. The Bertz CT molecular complexity index is 798. The van der Waals surface area contributed by atoms with E-state index in [9.17, 15) is 14.0 Å². The molecule has 1 aliphatic rings. The molecule has 0 aliphatic carbocycles. The van der Waals surface area contributed by atoms with Crippen LogP contribution in [0.4, 0.5) is 4.39 Å². The van der Waals surface area contributed by atoms with Crippen LogP contribution in [0.2, 0.25) is 0 Å². The van der Waals surface area contributed by atoms with Crippen molar-refractivity contribution in [3.8, 4) is 11.3 Å². The Balaban J connectivity index is 1.37. The molecule has 2 aromatic rings. The number of unbranched alkanes of at least 4 members (excludes halogenated alkanes) is 1. The van der Waals surface area contributed by atoms with Crippen molar-refractivity contribution in [1.82, 2.24) is 20.3 Å². The number of nitrogens with zero attached hydrogens (tertiary/aromatic N) is 3. The van der Waals surface area contributed by atoms with Crippen LogP contribution < -0.4 is 5.32 Å². The molecule has 8 heteroatoms. The molecule has 150 valence electrons. The quantitative estimate of drug-likeness (QED) is 0.736.